The van der Waals surface area contributed by atoms with Crippen molar-refractivity contribution in [2.75, 3.05) is 13.7 Å². The van der Waals surface area contributed by atoms with Gasteiger partial charge in [-0.3, -0.25) is 0 Å². The number of hydrogen-bond donors (Lipinski definition) is 4. The van der Waals surface area contributed by atoms with Gasteiger partial charge in [0.15, 0.2) is 5.84 Å². The molecular weight excluding hydrogens is 270 g/mol. The van der Waals surface area contributed by atoms with Gasteiger partial charge in [-0.15, -0.1) is 0 Å². The minimum atomic E-state index is -0.308. The number of nitrogens with two attached hydrogens (primary N) is 1. The van der Waals surface area contributed by atoms with Crippen LogP contribution in [-0.2, 0) is 6.54 Å². The molecule has 6 heteroatoms. The fourth-order valence-corrected chi connectivity index (χ4v) is 2.20. The quantitative estimate of drug-likeness (QED) is 0.252. The molecule has 0 amide bonds. The number of methoxy groups -OCH3 is 1. The molecule has 0 heterocycles. The van der Waals surface area contributed by atoms with Crippen molar-refractivity contribution in [1.82, 2.24) is 5.32 Å². The van der Waals surface area contributed by atoms with E-state index in [1.807, 2.05) is 19.9 Å². The molecule has 0 fully saturated rings. The summed E-state index contributed by atoms with van der Waals surface area (Å²) in [4.78, 5) is 0. The predicted molar refractivity (Wildman–Crippen MR) is 82.7 cm³/mol. The zero-order valence-electron chi connectivity index (χ0n) is 12.9. The average molecular weight is 295 g/mol. The Hall–Kier alpha value is -1.79. The van der Waals surface area contributed by atoms with E-state index < -0.39 is 0 Å². The first-order valence-electron chi connectivity index (χ1n) is 7.06. The third-order valence-corrected chi connectivity index (χ3v) is 3.99. The molecule has 0 unspecified atom stereocenters. The summed E-state index contributed by atoms with van der Waals surface area (Å²) in [6.07, 6.45) is 1.64. The van der Waals surface area contributed by atoms with Gasteiger partial charge < -0.3 is 26.1 Å². The molecule has 1 aromatic carbocycles. The van der Waals surface area contributed by atoms with Gasteiger partial charge in [0, 0.05) is 23.2 Å². The van der Waals surface area contributed by atoms with Gasteiger partial charge in [-0.1, -0.05) is 19.0 Å². The van der Waals surface area contributed by atoms with Crippen LogP contribution in [0, 0.1) is 0 Å². The van der Waals surface area contributed by atoms with Gasteiger partial charge in [0.05, 0.1) is 13.7 Å². The fraction of sp³-hybridized carbons (Fsp3) is 0.533. The van der Waals surface area contributed by atoms with Crippen molar-refractivity contribution in [2.45, 2.75) is 38.8 Å². The molecular formula is C15H25N3O3. The van der Waals surface area contributed by atoms with Crippen molar-refractivity contribution >= 4 is 5.84 Å². The first-order chi connectivity index (χ1) is 10.1. The average Bonchev–Trinajstić information content (AvgIpc) is 2.55. The smallest absolute Gasteiger partial charge is 0.170 e. The van der Waals surface area contributed by atoms with Crippen molar-refractivity contribution in [3.8, 4) is 5.75 Å². The molecule has 6 nitrogen and oxygen atoms in total. The Morgan fingerprint density at radius 2 is 2.05 bits per heavy atom. The summed E-state index contributed by atoms with van der Waals surface area (Å²) in [5, 5.41) is 24.7. The van der Waals surface area contributed by atoms with E-state index in [9.17, 15) is 5.11 Å². The van der Waals surface area contributed by atoms with Crippen LogP contribution in [0.4, 0.5) is 0 Å². The molecule has 0 aliphatic heterocycles. The Kier molecular flexibility index (Phi) is 6.45. The molecule has 0 atom stereocenters. The Labute approximate surface area is 125 Å². The molecule has 0 aromatic heterocycles. The van der Waals surface area contributed by atoms with Crippen LogP contribution in [0.2, 0.25) is 0 Å². The van der Waals surface area contributed by atoms with E-state index in [0.717, 1.165) is 24.2 Å². The number of ether oxygens (including phenoxy) is 1. The number of nitrogens with zero attached hydrogens (tertiary/aromatic N) is 1. The zero-order chi connectivity index (χ0) is 15.9. The topological polar surface area (TPSA) is 100 Å². The minimum absolute atomic E-state index is 0.0540. The van der Waals surface area contributed by atoms with E-state index in [2.05, 4.69) is 10.5 Å². The summed E-state index contributed by atoms with van der Waals surface area (Å²) in [6, 6.07) is 5.33. The Morgan fingerprint density at radius 3 is 2.52 bits per heavy atom. The molecule has 118 valence electrons. The van der Waals surface area contributed by atoms with Crippen LogP contribution in [0.3, 0.4) is 0 Å². The molecule has 0 spiro atoms. The van der Waals surface area contributed by atoms with Crippen LogP contribution in [0.5, 0.6) is 5.75 Å². The molecule has 0 bridgehead atoms. The van der Waals surface area contributed by atoms with E-state index in [1.165, 1.54) is 0 Å². The predicted octanol–water partition coefficient (Wildman–Crippen LogP) is 1.43. The van der Waals surface area contributed by atoms with E-state index in [4.69, 9.17) is 15.7 Å². The van der Waals surface area contributed by atoms with E-state index in [-0.39, 0.29) is 18.0 Å². The van der Waals surface area contributed by atoms with Crippen molar-refractivity contribution in [3.63, 3.8) is 0 Å². The molecule has 5 N–H and O–H groups in total. The highest BCUT2D eigenvalue weighted by atomic mass is 16.5. The van der Waals surface area contributed by atoms with Gasteiger partial charge in [0.1, 0.15) is 5.75 Å². The molecule has 0 radical (unpaired) electrons. The maximum Gasteiger partial charge on any atom is 0.170 e. The number of benzene rings is 1. The number of nitrogens with one attached hydrogen (secondary N) is 1. The number of rotatable bonds is 8. The lowest BCUT2D eigenvalue weighted by atomic mass is 9.93. The Balaban J connectivity index is 3.00. The maximum atomic E-state index is 9.60. The summed E-state index contributed by atoms with van der Waals surface area (Å²) >= 11 is 0. The lowest BCUT2D eigenvalue weighted by Crippen LogP contribution is -2.47. The first-order valence-corrected chi connectivity index (χ1v) is 7.06. The zero-order valence-corrected chi connectivity index (χ0v) is 12.9. The van der Waals surface area contributed by atoms with Crippen LogP contribution in [0.15, 0.2) is 23.4 Å². The number of hydrogen-bond acceptors (Lipinski definition) is 5. The molecule has 21 heavy (non-hydrogen) atoms. The van der Waals surface area contributed by atoms with Crippen molar-refractivity contribution in [1.29, 1.82) is 0 Å². The normalized spacial score (nSPS) is 12.5. The number of oxime groups is 1. The SMILES string of the molecule is CCC(CC)(CO)NCc1cc(/C(N)=N/O)ccc1OC. The third-order valence-electron chi connectivity index (χ3n) is 3.99. The van der Waals surface area contributed by atoms with Crippen molar-refractivity contribution in [2.24, 2.45) is 10.9 Å². The number of aliphatic hydroxyl groups excluding tert-OH is 1. The summed E-state index contributed by atoms with van der Waals surface area (Å²) in [6.45, 7) is 4.67. The van der Waals surface area contributed by atoms with Gasteiger partial charge in [-0.05, 0) is 31.0 Å². The standard InChI is InChI=1S/C15H25N3O3/c1-4-15(5-2,10-19)17-9-12-8-11(14(16)18-20)6-7-13(12)21-3/h6-8,17,19-20H,4-5,9-10H2,1-3H3,(H2,16,18). The largest absolute Gasteiger partial charge is 0.496 e. The first kappa shape index (κ1) is 17.3. The van der Waals surface area contributed by atoms with Crippen LogP contribution >= 0.6 is 0 Å². The van der Waals surface area contributed by atoms with Crippen molar-refractivity contribution < 1.29 is 15.1 Å². The summed E-state index contributed by atoms with van der Waals surface area (Å²) in [7, 11) is 1.60. The molecule has 0 saturated carbocycles. The molecule has 0 aliphatic rings. The highest BCUT2D eigenvalue weighted by Crippen LogP contribution is 2.22. The van der Waals surface area contributed by atoms with E-state index in [1.54, 1.807) is 19.2 Å². The van der Waals surface area contributed by atoms with Gasteiger partial charge in [-0.2, -0.15) is 0 Å². The van der Waals surface area contributed by atoms with Crippen LogP contribution in [0.25, 0.3) is 0 Å². The molecule has 0 aliphatic carbocycles. The molecule has 1 rings (SSSR count). The maximum absolute atomic E-state index is 9.60. The van der Waals surface area contributed by atoms with Crippen LogP contribution in [0.1, 0.15) is 37.8 Å². The number of aliphatic hydroxyl groups is 1. The third kappa shape index (κ3) is 4.09. The van der Waals surface area contributed by atoms with Gasteiger partial charge in [-0.25, -0.2) is 0 Å². The monoisotopic (exact) mass is 295 g/mol. The lowest BCUT2D eigenvalue weighted by Gasteiger charge is -2.31. The van der Waals surface area contributed by atoms with Gasteiger partial charge in [0.2, 0.25) is 0 Å². The second-order valence-electron chi connectivity index (χ2n) is 5.01. The highest BCUT2D eigenvalue weighted by molar-refractivity contribution is 5.97. The van der Waals surface area contributed by atoms with E-state index >= 15 is 0 Å². The second-order valence-corrected chi connectivity index (χ2v) is 5.01. The highest BCUT2D eigenvalue weighted by Gasteiger charge is 2.24. The molecule has 1 aromatic rings. The van der Waals surface area contributed by atoms with Crippen LogP contribution < -0.4 is 15.8 Å². The van der Waals surface area contributed by atoms with Gasteiger partial charge >= 0.3 is 0 Å². The Bertz CT molecular complexity index is 477. The lowest BCUT2D eigenvalue weighted by molar-refractivity contribution is 0.149. The number of amidine groups is 1. The fourth-order valence-electron chi connectivity index (χ4n) is 2.20. The molecule has 0 saturated heterocycles. The summed E-state index contributed by atoms with van der Waals surface area (Å²) < 4.78 is 5.33. The van der Waals surface area contributed by atoms with Crippen molar-refractivity contribution in [3.05, 3.63) is 29.3 Å². The Morgan fingerprint density at radius 1 is 1.38 bits per heavy atom. The second kappa shape index (κ2) is 7.85. The minimum Gasteiger partial charge on any atom is -0.496 e. The van der Waals surface area contributed by atoms with E-state index in [0.29, 0.717) is 12.1 Å². The summed E-state index contributed by atoms with van der Waals surface area (Å²) in [5.41, 5.74) is 6.82. The van der Waals surface area contributed by atoms with Gasteiger partial charge in [0.25, 0.3) is 0 Å². The van der Waals surface area contributed by atoms with Crippen LogP contribution in [-0.4, -0.2) is 35.4 Å². The summed E-state index contributed by atoms with van der Waals surface area (Å²) in [5.74, 6) is 0.773.